The fourth-order valence-corrected chi connectivity index (χ4v) is 2.42. The molecule has 1 fully saturated rings. The first-order valence-corrected chi connectivity index (χ1v) is 6.87. The van der Waals surface area contributed by atoms with Gasteiger partial charge in [0.1, 0.15) is 0 Å². The molecule has 4 nitrogen and oxygen atoms in total. The predicted molar refractivity (Wildman–Crippen MR) is 68.8 cm³/mol. The third-order valence-electron chi connectivity index (χ3n) is 3.54. The summed E-state index contributed by atoms with van der Waals surface area (Å²) < 4.78 is 44.6. The van der Waals surface area contributed by atoms with Crippen LogP contribution in [0.2, 0.25) is 0 Å². The van der Waals surface area contributed by atoms with E-state index < -0.39 is 17.5 Å². The van der Waals surface area contributed by atoms with Crippen LogP contribution in [-0.2, 0) is 0 Å². The highest BCUT2D eigenvalue weighted by molar-refractivity contribution is 5.54. The summed E-state index contributed by atoms with van der Waals surface area (Å²) >= 11 is 0. The Morgan fingerprint density at radius 3 is 2.62 bits per heavy atom. The molecule has 0 spiro atoms. The van der Waals surface area contributed by atoms with Gasteiger partial charge in [0.05, 0.1) is 6.04 Å². The Morgan fingerprint density at radius 2 is 1.86 bits per heavy atom. The molecule has 0 bridgehead atoms. The molecule has 0 radical (unpaired) electrons. The van der Waals surface area contributed by atoms with Gasteiger partial charge in [-0.1, -0.05) is 18.0 Å². The van der Waals surface area contributed by atoms with Crippen LogP contribution in [0.5, 0.6) is 0 Å². The molecule has 1 atom stereocenters. The molecule has 1 aliphatic rings. The molecule has 1 aromatic carbocycles. The Labute approximate surface area is 119 Å². The standard InChI is InChI=1S/C14H14F3N3O/c15-9-6-8(7-10(16)12(9)17)13-19-14(21-20-13)11-4-2-1-3-5-18-11/h6-7,11,18H,1-5H2. The Bertz CT molecular complexity index is 613. The van der Waals surface area contributed by atoms with Gasteiger partial charge in [-0.15, -0.1) is 0 Å². The van der Waals surface area contributed by atoms with Crippen molar-refractivity contribution in [2.45, 2.75) is 31.7 Å². The molecule has 21 heavy (non-hydrogen) atoms. The third-order valence-corrected chi connectivity index (χ3v) is 3.54. The summed E-state index contributed by atoms with van der Waals surface area (Å²) in [7, 11) is 0. The van der Waals surface area contributed by atoms with Crippen molar-refractivity contribution in [2.75, 3.05) is 6.54 Å². The van der Waals surface area contributed by atoms with Crippen molar-refractivity contribution in [3.63, 3.8) is 0 Å². The van der Waals surface area contributed by atoms with Crippen molar-refractivity contribution in [3.05, 3.63) is 35.5 Å². The second kappa shape index (κ2) is 5.85. The average molecular weight is 297 g/mol. The molecule has 7 heteroatoms. The van der Waals surface area contributed by atoms with Gasteiger partial charge < -0.3 is 9.84 Å². The smallest absolute Gasteiger partial charge is 0.244 e. The van der Waals surface area contributed by atoms with Crippen LogP contribution < -0.4 is 5.32 Å². The minimum atomic E-state index is -1.51. The Hall–Kier alpha value is -1.89. The summed E-state index contributed by atoms with van der Waals surface area (Å²) in [6, 6.07) is 1.66. The Kier molecular flexibility index (Phi) is 3.92. The Morgan fingerprint density at radius 1 is 1.10 bits per heavy atom. The maximum Gasteiger partial charge on any atom is 0.244 e. The van der Waals surface area contributed by atoms with E-state index in [1.54, 1.807) is 0 Å². The van der Waals surface area contributed by atoms with E-state index in [0.29, 0.717) is 5.89 Å². The van der Waals surface area contributed by atoms with Gasteiger partial charge in [-0.25, -0.2) is 13.2 Å². The maximum atomic E-state index is 13.2. The van der Waals surface area contributed by atoms with Gasteiger partial charge in [0, 0.05) is 5.56 Å². The van der Waals surface area contributed by atoms with Gasteiger partial charge in [0.15, 0.2) is 17.5 Å². The van der Waals surface area contributed by atoms with E-state index in [1.807, 2.05) is 0 Å². The van der Waals surface area contributed by atoms with Crippen molar-refractivity contribution < 1.29 is 17.7 Å². The zero-order chi connectivity index (χ0) is 14.8. The van der Waals surface area contributed by atoms with Crippen molar-refractivity contribution >= 4 is 0 Å². The second-order valence-electron chi connectivity index (χ2n) is 5.07. The molecule has 3 rings (SSSR count). The molecular weight excluding hydrogens is 283 g/mol. The highest BCUT2D eigenvalue weighted by Gasteiger charge is 2.21. The van der Waals surface area contributed by atoms with E-state index in [1.165, 1.54) is 0 Å². The van der Waals surface area contributed by atoms with E-state index in [-0.39, 0.29) is 17.4 Å². The minimum Gasteiger partial charge on any atom is -0.337 e. The van der Waals surface area contributed by atoms with Crippen LogP contribution in [0, 0.1) is 17.5 Å². The zero-order valence-electron chi connectivity index (χ0n) is 11.2. The molecule has 1 aliphatic heterocycles. The predicted octanol–water partition coefficient (Wildman–Crippen LogP) is 3.36. The van der Waals surface area contributed by atoms with Crippen LogP contribution >= 0.6 is 0 Å². The number of benzene rings is 1. The van der Waals surface area contributed by atoms with E-state index in [4.69, 9.17) is 4.52 Å². The number of hydrogen-bond acceptors (Lipinski definition) is 4. The van der Waals surface area contributed by atoms with Crippen LogP contribution in [0.3, 0.4) is 0 Å². The lowest BCUT2D eigenvalue weighted by molar-refractivity contribution is 0.327. The highest BCUT2D eigenvalue weighted by Crippen LogP contribution is 2.25. The van der Waals surface area contributed by atoms with Gasteiger partial charge in [-0.05, 0) is 31.5 Å². The SMILES string of the molecule is Fc1cc(-c2noc(C3CCCCCN3)n2)cc(F)c1F. The lowest BCUT2D eigenvalue weighted by Crippen LogP contribution is -2.20. The maximum absolute atomic E-state index is 13.2. The van der Waals surface area contributed by atoms with Crippen molar-refractivity contribution in [3.8, 4) is 11.4 Å². The van der Waals surface area contributed by atoms with Crippen LogP contribution in [0.4, 0.5) is 13.2 Å². The molecule has 0 aliphatic carbocycles. The lowest BCUT2D eigenvalue weighted by Gasteiger charge is -2.09. The number of nitrogens with one attached hydrogen (secondary N) is 1. The largest absolute Gasteiger partial charge is 0.337 e. The first kappa shape index (κ1) is 14.1. The van der Waals surface area contributed by atoms with Gasteiger partial charge >= 0.3 is 0 Å². The summed E-state index contributed by atoms with van der Waals surface area (Å²) in [6.07, 6.45) is 4.15. The third kappa shape index (κ3) is 2.92. The summed E-state index contributed by atoms with van der Waals surface area (Å²) in [5.41, 5.74) is 0.0509. The topological polar surface area (TPSA) is 51.0 Å². The van der Waals surface area contributed by atoms with Crippen LogP contribution in [0.25, 0.3) is 11.4 Å². The summed E-state index contributed by atoms with van der Waals surface area (Å²) in [4.78, 5) is 4.16. The zero-order valence-corrected chi connectivity index (χ0v) is 11.2. The van der Waals surface area contributed by atoms with Gasteiger partial charge in [-0.2, -0.15) is 4.98 Å². The summed E-state index contributed by atoms with van der Waals surface area (Å²) in [6.45, 7) is 0.863. The van der Waals surface area contributed by atoms with E-state index >= 15 is 0 Å². The van der Waals surface area contributed by atoms with Gasteiger partial charge in [0.2, 0.25) is 11.7 Å². The first-order chi connectivity index (χ1) is 10.1. The molecule has 2 aromatic rings. The molecule has 0 amide bonds. The molecule has 2 heterocycles. The molecular formula is C14H14F3N3O. The monoisotopic (exact) mass is 297 g/mol. The fourth-order valence-electron chi connectivity index (χ4n) is 2.42. The quantitative estimate of drug-likeness (QED) is 0.864. The second-order valence-corrected chi connectivity index (χ2v) is 5.07. The molecule has 1 unspecified atom stereocenters. The number of halogens is 3. The van der Waals surface area contributed by atoms with Crippen molar-refractivity contribution in [1.29, 1.82) is 0 Å². The first-order valence-electron chi connectivity index (χ1n) is 6.87. The van der Waals surface area contributed by atoms with Crippen molar-refractivity contribution in [1.82, 2.24) is 15.5 Å². The van der Waals surface area contributed by atoms with Crippen LogP contribution in [0.15, 0.2) is 16.7 Å². The van der Waals surface area contributed by atoms with Gasteiger partial charge in [0.25, 0.3) is 0 Å². The number of hydrogen-bond donors (Lipinski definition) is 1. The Balaban J connectivity index is 1.87. The fraction of sp³-hybridized carbons (Fsp3) is 0.429. The van der Waals surface area contributed by atoms with E-state index in [0.717, 1.165) is 44.4 Å². The van der Waals surface area contributed by atoms with Crippen LogP contribution in [0.1, 0.15) is 37.6 Å². The lowest BCUT2D eigenvalue weighted by atomic mass is 10.1. The molecule has 1 aromatic heterocycles. The molecule has 112 valence electrons. The minimum absolute atomic E-state index is 0.0499. The normalized spacial score (nSPS) is 19.5. The number of nitrogens with zero attached hydrogens (tertiary/aromatic N) is 2. The molecule has 1 N–H and O–H groups in total. The molecule has 1 saturated heterocycles. The average Bonchev–Trinajstić information content (AvgIpc) is 2.80. The summed E-state index contributed by atoms with van der Waals surface area (Å²) in [5.74, 6) is -3.62. The number of rotatable bonds is 2. The van der Waals surface area contributed by atoms with E-state index in [2.05, 4.69) is 15.5 Å². The summed E-state index contributed by atoms with van der Waals surface area (Å²) in [5, 5.41) is 7.01. The number of aromatic nitrogens is 2. The highest BCUT2D eigenvalue weighted by atomic mass is 19.2. The van der Waals surface area contributed by atoms with E-state index in [9.17, 15) is 13.2 Å². The van der Waals surface area contributed by atoms with Crippen molar-refractivity contribution in [2.24, 2.45) is 0 Å². The molecule has 0 saturated carbocycles. The van der Waals surface area contributed by atoms with Gasteiger partial charge in [-0.3, -0.25) is 0 Å². The van der Waals surface area contributed by atoms with Crippen LogP contribution in [-0.4, -0.2) is 16.7 Å².